The second-order valence-electron chi connectivity index (χ2n) is 3.53. The Hall–Kier alpha value is -0.410. The first kappa shape index (κ1) is 10.7. The van der Waals surface area contributed by atoms with E-state index < -0.39 is 0 Å². The van der Waals surface area contributed by atoms with Gasteiger partial charge in [0.25, 0.3) is 0 Å². The van der Waals surface area contributed by atoms with E-state index in [1.165, 1.54) is 0 Å². The lowest BCUT2D eigenvalue weighted by molar-refractivity contribution is -0.158. The quantitative estimate of drug-likeness (QED) is 0.591. The van der Waals surface area contributed by atoms with E-state index in [-0.39, 0.29) is 18.1 Å². The molecule has 0 amide bonds. The zero-order chi connectivity index (χ0) is 9.84. The monoisotopic (exact) mass is 186 g/mol. The lowest BCUT2D eigenvalue weighted by Crippen LogP contribution is -2.31. The van der Waals surface area contributed by atoms with E-state index in [4.69, 9.17) is 9.47 Å². The summed E-state index contributed by atoms with van der Waals surface area (Å²) in [5.74, 6) is 0.524. The molecule has 0 spiro atoms. The van der Waals surface area contributed by atoms with Crippen molar-refractivity contribution in [1.82, 2.24) is 0 Å². The Kier molecular flexibility index (Phi) is 3.88. The lowest BCUT2D eigenvalue weighted by Gasteiger charge is -2.22. The van der Waals surface area contributed by atoms with Gasteiger partial charge in [0.05, 0.1) is 5.92 Å². The second kappa shape index (κ2) is 4.72. The van der Waals surface area contributed by atoms with Crippen LogP contribution in [0.5, 0.6) is 0 Å². The van der Waals surface area contributed by atoms with Gasteiger partial charge in [-0.05, 0) is 19.3 Å². The number of carbonyl (C=O) groups excluding carboxylic acids is 1. The Balaban J connectivity index is 2.52. The molecule has 0 saturated heterocycles. The fourth-order valence-corrected chi connectivity index (χ4v) is 1.62. The fraction of sp³-hybridized carbons (Fsp3) is 0.900. The molecule has 1 fully saturated rings. The largest absolute Gasteiger partial charge is 0.355 e. The van der Waals surface area contributed by atoms with Crippen LogP contribution in [0.15, 0.2) is 0 Å². The topological polar surface area (TPSA) is 35.5 Å². The Labute approximate surface area is 79.4 Å². The van der Waals surface area contributed by atoms with Crippen molar-refractivity contribution < 1.29 is 14.3 Å². The number of Topliss-reactive ketones (excluding diaryl/α,β-unsaturated/α-hetero) is 1. The maximum atomic E-state index is 11.7. The fourth-order valence-electron chi connectivity index (χ4n) is 1.62. The van der Waals surface area contributed by atoms with Crippen LogP contribution in [0, 0.1) is 11.8 Å². The molecule has 1 aliphatic rings. The van der Waals surface area contributed by atoms with Gasteiger partial charge in [-0.2, -0.15) is 0 Å². The van der Waals surface area contributed by atoms with Crippen LogP contribution in [0.1, 0.15) is 26.2 Å². The van der Waals surface area contributed by atoms with Crippen molar-refractivity contribution in [1.29, 1.82) is 0 Å². The van der Waals surface area contributed by atoms with Gasteiger partial charge in [0.2, 0.25) is 0 Å². The van der Waals surface area contributed by atoms with Crippen LogP contribution in [0.4, 0.5) is 0 Å². The molecule has 1 unspecified atom stereocenters. The minimum atomic E-state index is -0.363. The summed E-state index contributed by atoms with van der Waals surface area (Å²) in [7, 11) is 3.16. The molecule has 0 N–H and O–H groups in total. The van der Waals surface area contributed by atoms with Crippen LogP contribution in [0.3, 0.4) is 0 Å². The zero-order valence-corrected chi connectivity index (χ0v) is 8.58. The van der Waals surface area contributed by atoms with Crippen LogP contribution in [0.2, 0.25) is 0 Å². The Morgan fingerprint density at radius 2 is 1.92 bits per heavy atom. The molecule has 1 rings (SSSR count). The third kappa shape index (κ3) is 2.51. The maximum Gasteiger partial charge on any atom is 0.166 e. The van der Waals surface area contributed by atoms with E-state index >= 15 is 0 Å². The average molecular weight is 186 g/mol. The van der Waals surface area contributed by atoms with Crippen molar-refractivity contribution in [2.24, 2.45) is 11.8 Å². The van der Waals surface area contributed by atoms with Gasteiger partial charge >= 0.3 is 0 Å². The van der Waals surface area contributed by atoms with Crippen LogP contribution < -0.4 is 0 Å². The van der Waals surface area contributed by atoms with Crippen molar-refractivity contribution in [2.75, 3.05) is 14.2 Å². The zero-order valence-electron chi connectivity index (χ0n) is 8.58. The van der Waals surface area contributed by atoms with Gasteiger partial charge < -0.3 is 9.47 Å². The summed E-state index contributed by atoms with van der Waals surface area (Å²) in [6.45, 7) is 2.00. The first-order valence-electron chi connectivity index (χ1n) is 4.83. The molecule has 1 saturated carbocycles. The minimum Gasteiger partial charge on any atom is -0.355 e. The maximum absolute atomic E-state index is 11.7. The summed E-state index contributed by atoms with van der Waals surface area (Å²) in [6.07, 6.45) is 2.53. The van der Waals surface area contributed by atoms with E-state index in [0.29, 0.717) is 5.78 Å². The predicted octanol–water partition coefficient (Wildman–Crippen LogP) is 1.61. The molecule has 13 heavy (non-hydrogen) atoms. The van der Waals surface area contributed by atoms with Gasteiger partial charge in [0, 0.05) is 20.1 Å². The third-order valence-electron chi connectivity index (χ3n) is 2.58. The van der Waals surface area contributed by atoms with Crippen LogP contribution in [0.25, 0.3) is 0 Å². The molecule has 0 bridgehead atoms. The van der Waals surface area contributed by atoms with Gasteiger partial charge in [-0.1, -0.05) is 6.92 Å². The third-order valence-corrected chi connectivity index (χ3v) is 2.58. The van der Waals surface area contributed by atoms with E-state index in [9.17, 15) is 4.79 Å². The van der Waals surface area contributed by atoms with Crippen LogP contribution >= 0.6 is 0 Å². The molecule has 0 aliphatic heterocycles. The van der Waals surface area contributed by atoms with Gasteiger partial charge in [0.15, 0.2) is 6.29 Å². The lowest BCUT2D eigenvalue weighted by atomic mass is 9.97. The Morgan fingerprint density at radius 1 is 1.38 bits per heavy atom. The summed E-state index contributed by atoms with van der Waals surface area (Å²) in [5, 5.41) is 0. The smallest absolute Gasteiger partial charge is 0.166 e. The van der Waals surface area contributed by atoms with Crippen molar-refractivity contribution in [3.63, 3.8) is 0 Å². The highest BCUT2D eigenvalue weighted by Gasteiger charge is 2.37. The average Bonchev–Trinajstić information content (AvgIpc) is 2.96. The number of methoxy groups -OCH3 is 2. The number of ether oxygens (including phenoxy) is 2. The molecule has 1 atom stereocenters. The van der Waals surface area contributed by atoms with E-state index in [1.54, 1.807) is 14.2 Å². The normalized spacial score (nSPS) is 19.1. The van der Waals surface area contributed by atoms with Crippen LogP contribution in [-0.2, 0) is 14.3 Å². The number of rotatable bonds is 6. The first-order chi connectivity index (χ1) is 6.24. The predicted molar refractivity (Wildman–Crippen MR) is 49.3 cm³/mol. The second-order valence-corrected chi connectivity index (χ2v) is 3.53. The van der Waals surface area contributed by atoms with E-state index in [1.807, 2.05) is 6.92 Å². The number of hydrogen-bond donors (Lipinski definition) is 0. The molecule has 3 nitrogen and oxygen atoms in total. The Morgan fingerprint density at radius 3 is 2.23 bits per heavy atom. The summed E-state index contributed by atoms with van der Waals surface area (Å²) in [6, 6.07) is 0. The highest BCUT2D eigenvalue weighted by molar-refractivity contribution is 5.85. The van der Waals surface area contributed by atoms with E-state index in [2.05, 4.69) is 0 Å². The molecule has 1 aliphatic carbocycles. The van der Waals surface area contributed by atoms with Gasteiger partial charge in [0.1, 0.15) is 5.78 Å². The SMILES string of the molecule is CCC(C(=O)C1CC1)C(OC)OC. The highest BCUT2D eigenvalue weighted by atomic mass is 16.7. The molecular weight excluding hydrogens is 168 g/mol. The molecule has 0 aromatic rings. The molecular formula is C10H18O3. The summed E-state index contributed by atoms with van der Waals surface area (Å²) < 4.78 is 10.2. The van der Waals surface area contributed by atoms with Crippen LogP contribution in [-0.4, -0.2) is 26.3 Å². The molecule has 76 valence electrons. The molecule has 0 aromatic heterocycles. The highest BCUT2D eigenvalue weighted by Crippen LogP contribution is 2.34. The van der Waals surface area contributed by atoms with Gasteiger partial charge in [-0.15, -0.1) is 0 Å². The van der Waals surface area contributed by atoms with Gasteiger partial charge in [-0.3, -0.25) is 4.79 Å². The molecule has 0 heterocycles. The van der Waals surface area contributed by atoms with Crippen molar-refractivity contribution in [3.8, 4) is 0 Å². The number of hydrogen-bond acceptors (Lipinski definition) is 3. The standard InChI is InChI=1S/C10H18O3/c1-4-8(10(12-2)13-3)9(11)7-5-6-7/h7-8,10H,4-6H2,1-3H3. The molecule has 0 aromatic carbocycles. The van der Waals surface area contributed by atoms with Crippen molar-refractivity contribution >= 4 is 5.78 Å². The first-order valence-corrected chi connectivity index (χ1v) is 4.83. The number of carbonyl (C=O) groups is 1. The van der Waals surface area contributed by atoms with Gasteiger partial charge in [-0.25, -0.2) is 0 Å². The number of ketones is 1. The minimum absolute atomic E-state index is 0.0810. The summed E-state index contributed by atoms with van der Waals surface area (Å²) in [4.78, 5) is 11.7. The molecule has 3 heteroatoms. The van der Waals surface area contributed by atoms with Crippen molar-refractivity contribution in [2.45, 2.75) is 32.5 Å². The Bertz CT molecular complexity index is 171. The summed E-state index contributed by atoms with van der Waals surface area (Å²) >= 11 is 0. The van der Waals surface area contributed by atoms with E-state index in [0.717, 1.165) is 19.3 Å². The molecule has 0 radical (unpaired) electrons. The summed E-state index contributed by atoms with van der Waals surface area (Å²) in [5.41, 5.74) is 0. The van der Waals surface area contributed by atoms with Crippen molar-refractivity contribution in [3.05, 3.63) is 0 Å².